The minimum absolute atomic E-state index is 0.139. The van der Waals surface area contributed by atoms with Crippen LogP contribution >= 0.6 is 0 Å². The Morgan fingerprint density at radius 2 is 1.66 bits per heavy atom. The number of amides is 4. The number of urea groups is 1. The molecule has 29 heavy (non-hydrogen) atoms. The van der Waals surface area contributed by atoms with Crippen molar-refractivity contribution in [1.82, 2.24) is 5.32 Å². The molecular weight excluding hydrogens is 368 g/mol. The number of aryl methyl sites for hydroxylation is 1. The molecule has 0 saturated carbocycles. The van der Waals surface area contributed by atoms with Crippen LogP contribution in [0.3, 0.4) is 0 Å². The van der Waals surface area contributed by atoms with E-state index in [4.69, 9.17) is 4.74 Å². The van der Waals surface area contributed by atoms with Crippen LogP contribution in [0, 0.1) is 6.92 Å². The van der Waals surface area contributed by atoms with Gasteiger partial charge in [0.05, 0.1) is 12.8 Å². The number of barbiturate groups is 1. The lowest BCUT2D eigenvalue weighted by molar-refractivity contribution is -0.122. The first-order valence-electron chi connectivity index (χ1n) is 9.03. The quantitative estimate of drug-likeness (QED) is 0.548. The summed E-state index contributed by atoms with van der Waals surface area (Å²) in [5.74, 6) is -0.897. The fourth-order valence-electron chi connectivity index (χ4n) is 3.33. The van der Waals surface area contributed by atoms with Crippen LogP contribution in [-0.4, -0.2) is 25.0 Å². The molecule has 1 fully saturated rings. The van der Waals surface area contributed by atoms with E-state index in [1.54, 1.807) is 30.3 Å². The number of hydrogen-bond acceptors (Lipinski definition) is 4. The van der Waals surface area contributed by atoms with Gasteiger partial charge in [-0.05, 0) is 42.0 Å². The van der Waals surface area contributed by atoms with Crippen LogP contribution in [0.5, 0.6) is 5.75 Å². The van der Waals surface area contributed by atoms with Gasteiger partial charge in [0.25, 0.3) is 11.8 Å². The van der Waals surface area contributed by atoms with Gasteiger partial charge >= 0.3 is 6.03 Å². The second kappa shape index (κ2) is 7.24. The van der Waals surface area contributed by atoms with E-state index in [9.17, 15) is 14.4 Å². The SMILES string of the molecule is COc1ccc2ccccc2c1/C=C1/C(=O)NC(=O)N(c2ccc(C)cc2)C1=O. The highest BCUT2D eigenvalue weighted by molar-refractivity contribution is 6.39. The summed E-state index contributed by atoms with van der Waals surface area (Å²) < 4.78 is 5.44. The number of nitrogens with zero attached hydrogens (tertiary/aromatic N) is 1. The molecule has 1 saturated heterocycles. The first-order valence-corrected chi connectivity index (χ1v) is 9.03. The summed E-state index contributed by atoms with van der Waals surface area (Å²) >= 11 is 0. The molecule has 0 bridgehead atoms. The third-order valence-corrected chi connectivity index (χ3v) is 4.83. The molecule has 6 nitrogen and oxygen atoms in total. The van der Waals surface area contributed by atoms with E-state index in [2.05, 4.69) is 5.32 Å². The van der Waals surface area contributed by atoms with Gasteiger partial charge in [-0.2, -0.15) is 0 Å². The number of imide groups is 2. The van der Waals surface area contributed by atoms with Crippen molar-refractivity contribution in [2.24, 2.45) is 0 Å². The zero-order valence-corrected chi connectivity index (χ0v) is 15.9. The first-order chi connectivity index (χ1) is 14.0. The Morgan fingerprint density at radius 1 is 0.931 bits per heavy atom. The van der Waals surface area contributed by atoms with E-state index < -0.39 is 17.8 Å². The van der Waals surface area contributed by atoms with Crippen molar-refractivity contribution < 1.29 is 19.1 Å². The van der Waals surface area contributed by atoms with Gasteiger partial charge in [-0.3, -0.25) is 14.9 Å². The average Bonchev–Trinajstić information content (AvgIpc) is 2.72. The Hall–Kier alpha value is -3.93. The van der Waals surface area contributed by atoms with E-state index >= 15 is 0 Å². The van der Waals surface area contributed by atoms with Crippen LogP contribution in [0.2, 0.25) is 0 Å². The van der Waals surface area contributed by atoms with E-state index in [1.807, 2.05) is 37.3 Å². The summed E-state index contributed by atoms with van der Waals surface area (Å²) in [5, 5.41) is 4.02. The van der Waals surface area contributed by atoms with Gasteiger partial charge in [-0.25, -0.2) is 9.69 Å². The molecule has 1 aliphatic heterocycles. The first kappa shape index (κ1) is 18.4. The van der Waals surface area contributed by atoms with E-state index in [0.717, 1.165) is 21.2 Å². The third-order valence-electron chi connectivity index (χ3n) is 4.83. The molecule has 1 N–H and O–H groups in total. The zero-order chi connectivity index (χ0) is 20.5. The minimum atomic E-state index is -0.772. The largest absolute Gasteiger partial charge is 0.496 e. The Labute approximate surface area is 167 Å². The lowest BCUT2D eigenvalue weighted by Crippen LogP contribution is -2.54. The third kappa shape index (κ3) is 3.25. The topological polar surface area (TPSA) is 75.7 Å². The second-order valence-corrected chi connectivity index (χ2v) is 6.70. The monoisotopic (exact) mass is 386 g/mol. The summed E-state index contributed by atoms with van der Waals surface area (Å²) in [5.41, 5.74) is 1.84. The molecule has 0 aliphatic carbocycles. The second-order valence-electron chi connectivity index (χ2n) is 6.70. The minimum Gasteiger partial charge on any atom is -0.496 e. The normalized spacial score (nSPS) is 15.7. The maximum atomic E-state index is 13.1. The molecule has 1 aliphatic rings. The molecule has 1 heterocycles. The number of carbonyl (C=O) groups is 3. The number of fused-ring (bicyclic) bond motifs is 1. The standard InChI is InChI=1S/C23H18N2O4/c1-14-7-10-16(11-8-14)25-22(27)19(21(26)24-23(25)28)13-18-17-6-4-3-5-15(17)9-12-20(18)29-2/h3-13H,1-2H3,(H,24,26,28)/b19-13-. The fourth-order valence-corrected chi connectivity index (χ4v) is 3.33. The molecule has 144 valence electrons. The Morgan fingerprint density at radius 3 is 2.38 bits per heavy atom. The molecule has 0 unspecified atom stereocenters. The predicted molar refractivity (Wildman–Crippen MR) is 111 cm³/mol. The molecule has 0 aromatic heterocycles. The number of nitrogens with one attached hydrogen (secondary N) is 1. The van der Waals surface area contributed by atoms with E-state index in [1.165, 1.54) is 13.2 Å². The maximum absolute atomic E-state index is 13.1. The number of methoxy groups -OCH3 is 1. The molecule has 0 atom stereocenters. The molecule has 4 amide bonds. The van der Waals surface area contributed by atoms with Crippen molar-refractivity contribution in [3.05, 3.63) is 77.4 Å². The Bertz CT molecular complexity index is 1180. The molecule has 6 heteroatoms. The molecule has 4 rings (SSSR count). The number of ether oxygens (including phenoxy) is 1. The van der Waals surface area contributed by atoms with Crippen LogP contribution in [0.4, 0.5) is 10.5 Å². The molecule has 0 radical (unpaired) electrons. The number of carbonyl (C=O) groups excluding carboxylic acids is 3. The predicted octanol–water partition coefficient (Wildman–Crippen LogP) is 3.82. The Kier molecular flexibility index (Phi) is 4.60. The highest BCUT2D eigenvalue weighted by atomic mass is 16.5. The summed E-state index contributed by atoms with van der Waals surface area (Å²) in [6.45, 7) is 1.91. The maximum Gasteiger partial charge on any atom is 0.335 e. The molecule has 3 aromatic carbocycles. The van der Waals surface area contributed by atoms with Crippen LogP contribution in [0.1, 0.15) is 11.1 Å². The van der Waals surface area contributed by atoms with Gasteiger partial charge in [0.1, 0.15) is 11.3 Å². The van der Waals surface area contributed by atoms with Crippen molar-refractivity contribution in [1.29, 1.82) is 0 Å². The van der Waals surface area contributed by atoms with Crippen LogP contribution in [-0.2, 0) is 9.59 Å². The smallest absolute Gasteiger partial charge is 0.335 e. The summed E-state index contributed by atoms with van der Waals surface area (Å²) in [4.78, 5) is 38.9. The van der Waals surface area contributed by atoms with E-state index in [-0.39, 0.29) is 5.57 Å². The van der Waals surface area contributed by atoms with Gasteiger partial charge < -0.3 is 4.74 Å². The van der Waals surface area contributed by atoms with E-state index in [0.29, 0.717) is 17.0 Å². The average molecular weight is 386 g/mol. The summed E-state index contributed by atoms with van der Waals surface area (Å²) in [7, 11) is 1.52. The van der Waals surface area contributed by atoms with Crippen LogP contribution in [0.25, 0.3) is 16.8 Å². The van der Waals surface area contributed by atoms with Crippen LogP contribution in [0.15, 0.2) is 66.2 Å². The van der Waals surface area contributed by atoms with Crippen molar-refractivity contribution in [3.63, 3.8) is 0 Å². The fraction of sp³-hybridized carbons (Fsp3) is 0.0870. The lowest BCUT2D eigenvalue weighted by atomic mass is 9.99. The van der Waals surface area contributed by atoms with Gasteiger partial charge in [0, 0.05) is 5.56 Å². The number of benzene rings is 3. The molecule has 0 spiro atoms. The highest BCUT2D eigenvalue weighted by Crippen LogP contribution is 2.31. The highest BCUT2D eigenvalue weighted by Gasteiger charge is 2.37. The number of anilines is 1. The van der Waals surface area contributed by atoms with Gasteiger partial charge in [-0.1, -0.05) is 48.0 Å². The van der Waals surface area contributed by atoms with Crippen molar-refractivity contribution in [3.8, 4) is 5.75 Å². The summed E-state index contributed by atoms with van der Waals surface area (Å²) in [6.07, 6.45) is 1.48. The van der Waals surface area contributed by atoms with Crippen LogP contribution < -0.4 is 15.0 Å². The lowest BCUT2D eigenvalue weighted by Gasteiger charge is -2.26. The summed E-state index contributed by atoms with van der Waals surface area (Å²) in [6, 6.07) is 17.4. The van der Waals surface area contributed by atoms with Gasteiger partial charge in [-0.15, -0.1) is 0 Å². The molecular formula is C23H18N2O4. The van der Waals surface area contributed by atoms with Crippen molar-refractivity contribution >= 4 is 40.4 Å². The molecule has 3 aromatic rings. The number of rotatable bonds is 3. The van der Waals surface area contributed by atoms with Crippen molar-refractivity contribution in [2.75, 3.05) is 12.0 Å². The number of hydrogen-bond donors (Lipinski definition) is 1. The van der Waals surface area contributed by atoms with Crippen molar-refractivity contribution in [2.45, 2.75) is 6.92 Å². The van der Waals surface area contributed by atoms with Gasteiger partial charge in [0.2, 0.25) is 0 Å². The Balaban J connectivity index is 1.86. The van der Waals surface area contributed by atoms with Gasteiger partial charge in [0.15, 0.2) is 0 Å². The zero-order valence-electron chi connectivity index (χ0n) is 15.9.